The molecule has 0 amide bonds. The molecule has 0 aliphatic carbocycles. The largest absolute Gasteiger partial charge is 0.519 e. The van der Waals surface area contributed by atoms with Crippen LogP contribution in [0.15, 0.2) is 73.2 Å². The van der Waals surface area contributed by atoms with E-state index in [-0.39, 0.29) is 30.6 Å². The molecule has 2 aliphatic heterocycles. The van der Waals surface area contributed by atoms with E-state index >= 15 is 0 Å². The van der Waals surface area contributed by atoms with Gasteiger partial charge in [0.1, 0.15) is 0 Å². The maximum atomic E-state index is 13.2. The van der Waals surface area contributed by atoms with E-state index in [1.165, 1.54) is 0 Å². The van der Waals surface area contributed by atoms with E-state index in [1.807, 2.05) is 41.8 Å². The van der Waals surface area contributed by atoms with Gasteiger partial charge in [0.15, 0.2) is 24.0 Å². The van der Waals surface area contributed by atoms with Gasteiger partial charge in [0.25, 0.3) is 6.01 Å². The lowest BCUT2D eigenvalue weighted by molar-refractivity contribution is 0.00902. The van der Waals surface area contributed by atoms with Crippen LogP contribution < -0.4 is 16.0 Å². The van der Waals surface area contributed by atoms with E-state index in [1.54, 1.807) is 31.2 Å². The summed E-state index contributed by atoms with van der Waals surface area (Å²) in [4.78, 5) is 39.2. The van der Waals surface area contributed by atoms with Crippen molar-refractivity contribution in [3.63, 3.8) is 0 Å². The van der Waals surface area contributed by atoms with Gasteiger partial charge in [0.2, 0.25) is 12.5 Å². The monoisotopic (exact) mass is 580 g/mol. The van der Waals surface area contributed by atoms with Crippen LogP contribution in [0.1, 0.15) is 39.9 Å². The number of amidine groups is 1. The molecular formula is C31H24N4O8. The molecule has 43 heavy (non-hydrogen) atoms. The second-order valence-electron chi connectivity index (χ2n) is 9.79. The third-order valence-electron chi connectivity index (χ3n) is 7.02. The number of carbonyl (C=O) groups is 1. The van der Waals surface area contributed by atoms with Gasteiger partial charge < -0.3 is 23.0 Å². The van der Waals surface area contributed by atoms with Crippen LogP contribution in [0.2, 0.25) is 0 Å². The highest BCUT2D eigenvalue weighted by molar-refractivity contribution is 6.04. The first-order valence-corrected chi connectivity index (χ1v) is 13.5. The Balaban J connectivity index is 1.18. The number of ether oxygens (including phenoxy) is 3. The van der Waals surface area contributed by atoms with Crippen molar-refractivity contribution < 1.29 is 32.7 Å². The lowest BCUT2D eigenvalue weighted by Crippen LogP contribution is -2.31. The maximum Gasteiger partial charge on any atom is 0.519 e. The number of aryl methyl sites for hydroxylation is 1. The number of hydrogen-bond donors (Lipinski definition) is 1. The first-order chi connectivity index (χ1) is 21.0. The molecule has 2 atom stereocenters. The predicted octanol–water partition coefficient (Wildman–Crippen LogP) is 3.93. The fraction of sp³-hybridized carbons (Fsp3) is 0.226. The molecule has 0 radical (unpaired) electrons. The quantitative estimate of drug-likeness (QED) is 0.201. The lowest BCUT2D eigenvalue weighted by Gasteiger charge is -2.15. The molecule has 2 aliphatic rings. The average molecular weight is 581 g/mol. The second kappa shape index (κ2) is 10.8. The van der Waals surface area contributed by atoms with E-state index < -0.39 is 11.8 Å². The molecule has 5 aromatic rings. The molecular weight excluding hydrogens is 556 g/mol. The minimum absolute atomic E-state index is 0.148. The summed E-state index contributed by atoms with van der Waals surface area (Å²) < 4.78 is 28.3. The summed E-state index contributed by atoms with van der Waals surface area (Å²) in [5, 5.41) is 0. The second-order valence-corrected chi connectivity index (χ2v) is 9.79. The summed E-state index contributed by atoms with van der Waals surface area (Å²) in [7, 11) is 0. The Labute approximate surface area is 244 Å². The maximum absolute atomic E-state index is 13.2. The van der Waals surface area contributed by atoms with Gasteiger partial charge in [0, 0.05) is 17.2 Å². The summed E-state index contributed by atoms with van der Waals surface area (Å²) in [6.45, 7) is 3.94. The Kier molecular flexibility index (Phi) is 6.65. The Morgan fingerprint density at radius 3 is 2.65 bits per heavy atom. The van der Waals surface area contributed by atoms with Crippen molar-refractivity contribution in [3.05, 3.63) is 106 Å². The number of nitrogens with zero attached hydrogens (tertiary/aromatic N) is 3. The Hall–Kier alpha value is -5.38. The third kappa shape index (κ3) is 5.12. The number of para-hydroxylation sites is 1. The molecule has 12 nitrogen and oxygen atoms in total. The fourth-order valence-electron chi connectivity index (χ4n) is 4.88. The number of aromatic nitrogens is 2. The van der Waals surface area contributed by atoms with E-state index in [9.17, 15) is 9.59 Å². The normalized spacial score (nSPS) is 17.0. The van der Waals surface area contributed by atoms with Crippen molar-refractivity contribution in [2.24, 2.45) is 4.99 Å². The smallest absolute Gasteiger partial charge is 0.465 e. The highest BCUT2D eigenvalue weighted by Gasteiger charge is 2.44. The zero-order valence-electron chi connectivity index (χ0n) is 23.1. The molecule has 0 saturated carbocycles. The molecule has 12 heteroatoms. The number of benzene rings is 2. The van der Waals surface area contributed by atoms with E-state index in [0.717, 1.165) is 22.3 Å². The summed E-state index contributed by atoms with van der Waals surface area (Å²) >= 11 is 0. The van der Waals surface area contributed by atoms with Gasteiger partial charge in [-0.05, 0) is 43.2 Å². The molecule has 7 rings (SSSR count). The van der Waals surface area contributed by atoms with Crippen LogP contribution in [-0.4, -0.2) is 40.5 Å². The van der Waals surface area contributed by atoms with Crippen molar-refractivity contribution in [3.8, 4) is 17.1 Å². The first kappa shape index (κ1) is 26.5. The Morgan fingerprint density at radius 2 is 1.91 bits per heavy atom. The Morgan fingerprint density at radius 1 is 1.09 bits per heavy atom. The van der Waals surface area contributed by atoms with Crippen LogP contribution in [0.5, 0.6) is 6.01 Å². The zero-order chi connectivity index (χ0) is 29.5. The van der Waals surface area contributed by atoms with Crippen LogP contribution in [0, 0.1) is 19.1 Å². The van der Waals surface area contributed by atoms with Crippen LogP contribution in [0.4, 0.5) is 0 Å². The standard InChI is InChI=1S/C31H24N4O8/c1-3-38-30-32-23-10-6-9-22(28(36)39-16-24-17(2)40-31(37)41-24)25(23)35(30)15-18-11-13-19(14-12-18)20-7-4-5-8-21(20)26-33-27-29(42-27)43-34-26/h6-14,27,29H,3,15-16H2,1-2H3,(H,33,34). The molecule has 0 bridgehead atoms. The van der Waals surface area contributed by atoms with Gasteiger partial charge >= 0.3 is 11.8 Å². The molecule has 2 aromatic heterocycles. The number of rotatable bonds is 9. The number of esters is 1. The first-order valence-electron chi connectivity index (χ1n) is 13.5. The van der Waals surface area contributed by atoms with Crippen LogP contribution >= 0.6 is 0 Å². The summed E-state index contributed by atoms with van der Waals surface area (Å²) in [6.07, 6.45) is -0.630. The molecule has 1 fully saturated rings. The van der Waals surface area contributed by atoms with E-state index in [2.05, 4.69) is 27.6 Å². The number of epoxide rings is 1. The third-order valence-corrected chi connectivity index (χ3v) is 7.02. The number of aliphatic imine (C=N–C) groups is 1. The van der Waals surface area contributed by atoms with Crippen molar-refractivity contribution >= 4 is 22.8 Å². The van der Waals surface area contributed by atoms with Crippen molar-refractivity contribution in [1.29, 1.82) is 0 Å². The van der Waals surface area contributed by atoms with Gasteiger partial charge in [-0.2, -0.15) is 4.98 Å². The Bertz CT molecular complexity index is 1920. The SMILES string of the molecule is CCOc1nc2cccc(C(=O)OCc3oc(=O)oc3C)c2n1Cc1ccc(-c2cc#ccc2C2=NC3OC3ON2)cc1. The van der Waals surface area contributed by atoms with Crippen molar-refractivity contribution in [2.45, 2.75) is 39.5 Å². The topological polar surface area (TPSA) is 143 Å². The number of hydroxylamine groups is 1. The molecule has 3 aromatic carbocycles. The number of imidazole rings is 1. The average Bonchev–Trinajstić information content (AvgIpc) is 3.62. The number of nitrogens with one attached hydrogen (secondary N) is 1. The van der Waals surface area contributed by atoms with Crippen LogP contribution in [-0.2, 0) is 27.5 Å². The summed E-state index contributed by atoms with van der Waals surface area (Å²) in [6, 6.07) is 23.2. The van der Waals surface area contributed by atoms with Gasteiger partial charge in [-0.25, -0.2) is 24.9 Å². The number of fused-ring (bicyclic) bond motifs is 2. The summed E-state index contributed by atoms with van der Waals surface area (Å²) in [5.41, 5.74) is 7.88. The highest BCUT2D eigenvalue weighted by atomic mass is 16.8. The van der Waals surface area contributed by atoms with Gasteiger partial charge in [-0.1, -0.05) is 42.5 Å². The van der Waals surface area contributed by atoms with Crippen LogP contribution in [0.3, 0.4) is 0 Å². The molecule has 1 N–H and O–H groups in total. The van der Waals surface area contributed by atoms with E-state index in [0.29, 0.717) is 41.6 Å². The highest BCUT2D eigenvalue weighted by Crippen LogP contribution is 2.31. The van der Waals surface area contributed by atoms with Crippen molar-refractivity contribution in [2.75, 3.05) is 6.61 Å². The number of carbonyl (C=O) groups excluding carboxylic acids is 1. The predicted molar refractivity (Wildman–Crippen MR) is 150 cm³/mol. The molecule has 216 valence electrons. The van der Waals surface area contributed by atoms with Gasteiger partial charge in [-0.3, -0.25) is 4.57 Å². The van der Waals surface area contributed by atoms with Crippen molar-refractivity contribution in [1.82, 2.24) is 15.0 Å². The minimum Gasteiger partial charge on any atom is -0.465 e. The lowest BCUT2D eigenvalue weighted by atomic mass is 9.99. The van der Waals surface area contributed by atoms with E-state index in [4.69, 9.17) is 27.9 Å². The molecule has 4 heterocycles. The van der Waals surface area contributed by atoms with Crippen LogP contribution in [0.25, 0.3) is 22.2 Å². The molecule has 1 saturated heterocycles. The minimum atomic E-state index is -0.851. The zero-order valence-corrected chi connectivity index (χ0v) is 23.1. The summed E-state index contributed by atoms with van der Waals surface area (Å²) in [5.74, 6) is -0.489. The van der Waals surface area contributed by atoms with Gasteiger partial charge in [-0.15, -0.1) is 0 Å². The molecule has 0 spiro atoms. The fourth-order valence-corrected chi connectivity index (χ4v) is 4.88. The molecule has 2 unspecified atom stereocenters. The number of hydrogen-bond acceptors (Lipinski definition) is 11. The van der Waals surface area contributed by atoms with Gasteiger partial charge in [0.05, 0.1) is 29.7 Å².